The molecule has 1 N–H and O–H groups in total. The van der Waals surface area contributed by atoms with E-state index in [1.807, 2.05) is 12.1 Å². The number of carbonyl (C=O) groups is 2. The van der Waals surface area contributed by atoms with Crippen LogP contribution in [0.5, 0.6) is 5.75 Å². The third-order valence-electron chi connectivity index (χ3n) is 4.22. The van der Waals surface area contributed by atoms with Gasteiger partial charge in [-0.3, -0.25) is 9.59 Å². The molecule has 5 nitrogen and oxygen atoms in total. The highest BCUT2D eigenvalue weighted by atomic mass is 16.5. The second kappa shape index (κ2) is 9.16. The summed E-state index contributed by atoms with van der Waals surface area (Å²) in [6.45, 7) is 0. The van der Waals surface area contributed by atoms with Gasteiger partial charge in [-0.15, -0.1) is 0 Å². The number of carbonyl (C=O) groups excluding carboxylic acids is 2. The van der Waals surface area contributed by atoms with Crippen molar-refractivity contribution in [1.82, 2.24) is 0 Å². The molecule has 142 valence electrons. The monoisotopic (exact) mass is 382 g/mol. The summed E-state index contributed by atoms with van der Waals surface area (Å²) in [6, 6.07) is 22.5. The van der Waals surface area contributed by atoms with Gasteiger partial charge in [0.1, 0.15) is 5.75 Å². The van der Waals surface area contributed by atoms with E-state index in [2.05, 4.69) is 5.32 Å². The van der Waals surface area contributed by atoms with E-state index in [1.54, 1.807) is 79.9 Å². The van der Waals surface area contributed by atoms with Gasteiger partial charge in [0.05, 0.1) is 18.7 Å². The molecule has 0 spiro atoms. The number of amides is 1. The van der Waals surface area contributed by atoms with Crippen molar-refractivity contribution < 1.29 is 14.3 Å². The minimum absolute atomic E-state index is 0.165. The van der Waals surface area contributed by atoms with Crippen molar-refractivity contribution >= 4 is 23.5 Å². The van der Waals surface area contributed by atoms with Crippen LogP contribution in [0.2, 0.25) is 0 Å². The van der Waals surface area contributed by atoms with E-state index in [0.29, 0.717) is 28.1 Å². The number of allylic oxidation sites excluding steroid dienone is 1. The minimum Gasteiger partial charge on any atom is -0.497 e. The Hall–Kier alpha value is -4.17. The lowest BCUT2D eigenvalue weighted by Gasteiger charge is -2.07. The van der Waals surface area contributed by atoms with Gasteiger partial charge in [-0.2, -0.15) is 5.26 Å². The van der Waals surface area contributed by atoms with E-state index >= 15 is 0 Å². The molecule has 3 aromatic carbocycles. The highest BCUT2D eigenvalue weighted by molar-refractivity contribution is 6.07. The number of methoxy groups -OCH3 is 1. The quantitative estimate of drug-likeness (QED) is 0.494. The van der Waals surface area contributed by atoms with Gasteiger partial charge < -0.3 is 10.1 Å². The Morgan fingerprint density at radius 2 is 1.66 bits per heavy atom. The fourth-order valence-electron chi connectivity index (χ4n) is 2.64. The van der Waals surface area contributed by atoms with Crippen molar-refractivity contribution in [2.75, 3.05) is 12.4 Å². The van der Waals surface area contributed by atoms with E-state index in [-0.39, 0.29) is 11.7 Å². The van der Waals surface area contributed by atoms with Gasteiger partial charge in [0.2, 0.25) is 0 Å². The molecule has 0 aromatic heterocycles. The number of nitriles is 1. The lowest BCUT2D eigenvalue weighted by atomic mass is 10.1. The van der Waals surface area contributed by atoms with E-state index < -0.39 is 0 Å². The molecular formula is C24H18N2O3. The zero-order valence-electron chi connectivity index (χ0n) is 15.8. The Kier molecular flexibility index (Phi) is 6.18. The molecule has 0 atom stereocenters. The maximum Gasteiger partial charge on any atom is 0.255 e. The van der Waals surface area contributed by atoms with E-state index in [4.69, 9.17) is 10.00 Å². The maximum absolute atomic E-state index is 12.4. The van der Waals surface area contributed by atoms with E-state index in [0.717, 1.165) is 5.56 Å². The second-order valence-corrected chi connectivity index (χ2v) is 6.19. The van der Waals surface area contributed by atoms with Crippen LogP contribution in [0.25, 0.3) is 6.08 Å². The molecule has 0 aliphatic rings. The SMILES string of the molecule is COc1ccc(C(=O)Nc2cccc(/C=C/C(=O)c3ccc(C#N)cc3)c2)cc1. The summed E-state index contributed by atoms with van der Waals surface area (Å²) in [7, 11) is 1.57. The first-order valence-corrected chi connectivity index (χ1v) is 8.87. The Bertz CT molecular complexity index is 1090. The fraction of sp³-hybridized carbons (Fsp3) is 0.0417. The van der Waals surface area contributed by atoms with E-state index in [9.17, 15) is 9.59 Å². The largest absolute Gasteiger partial charge is 0.497 e. The zero-order valence-corrected chi connectivity index (χ0v) is 15.8. The molecule has 0 aliphatic heterocycles. The van der Waals surface area contributed by atoms with Gasteiger partial charge in [0.15, 0.2) is 5.78 Å². The standard InChI is InChI=1S/C24H18N2O3/c1-29-22-12-10-20(11-13-22)24(28)26-21-4-2-3-17(15-21)7-14-23(27)19-8-5-18(16-25)6-9-19/h2-15H,1H3,(H,26,28)/b14-7+. The number of rotatable bonds is 6. The van der Waals surface area contributed by atoms with Crippen LogP contribution in [0, 0.1) is 11.3 Å². The molecule has 0 bridgehead atoms. The molecule has 1 amide bonds. The number of anilines is 1. The molecule has 0 unspecified atom stereocenters. The maximum atomic E-state index is 12.4. The number of ketones is 1. The van der Waals surface area contributed by atoms with Crippen LogP contribution in [-0.2, 0) is 0 Å². The van der Waals surface area contributed by atoms with Crippen molar-refractivity contribution in [2.45, 2.75) is 0 Å². The number of nitrogens with zero attached hydrogens (tertiary/aromatic N) is 1. The molecule has 0 heterocycles. The third-order valence-corrected chi connectivity index (χ3v) is 4.22. The molecule has 29 heavy (non-hydrogen) atoms. The van der Waals surface area contributed by atoms with Gasteiger partial charge >= 0.3 is 0 Å². The van der Waals surface area contributed by atoms with Crippen molar-refractivity contribution in [3.8, 4) is 11.8 Å². The summed E-state index contributed by atoms with van der Waals surface area (Å²) < 4.78 is 5.09. The van der Waals surface area contributed by atoms with Gasteiger partial charge in [0, 0.05) is 16.8 Å². The van der Waals surface area contributed by atoms with Gasteiger partial charge in [0.25, 0.3) is 5.91 Å². The molecule has 3 rings (SSSR count). The number of hydrogen-bond acceptors (Lipinski definition) is 4. The van der Waals surface area contributed by atoms with Crippen molar-refractivity contribution in [3.63, 3.8) is 0 Å². The number of hydrogen-bond donors (Lipinski definition) is 1. The first-order chi connectivity index (χ1) is 14.1. The highest BCUT2D eigenvalue weighted by Crippen LogP contribution is 2.16. The summed E-state index contributed by atoms with van der Waals surface area (Å²) >= 11 is 0. The molecule has 0 saturated carbocycles. The van der Waals surface area contributed by atoms with Crippen LogP contribution < -0.4 is 10.1 Å². The van der Waals surface area contributed by atoms with Crippen LogP contribution in [0.1, 0.15) is 31.8 Å². The molecule has 0 saturated heterocycles. The van der Waals surface area contributed by atoms with Crippen LogP contribution >= 0.6 is 0 Å². The summed E-state index contributed by atoms with van der Waals surface area (Å²) in [4.78, 5) is 24.6. The van der Waals surface area contributed by atoms with Crippen molar-refractivity contribution in [2.24, 2.45) is 0 Å². The third kappa shape index (κ3) is 5.18. The summed E-state index contributed by atoms with van der Waals surface area (Å²) in [5.41, 5.74) is 2.93. The minimum atomic E-state index is -0.234. The Morgan fingerprint density at radius 1 is 0.966 bits per heavy atom. The second-order valence-electron chi connectivity index (χ2n) is 6.19. The van der Waals surface area contributed by atoms with Crippen LogP contribution in [0.3, 0.4) is 0 Å². The van der Waals surface area contributed by atoms with Crippen molar-refractivity contribution in [1.29, 1.82) is 5.26 Å². The first kappa shape index (κ1) is 19.6. The molecule has 3 aromatic rings. The smallest absolute Gasteiger partial charge is 0.255 e. The summed E-state index contributed by atoms with van der Waals surface area (Å²) in [5, 5.41) is 11.7. The number of ether oxygens (including phenoxy) is 1. The average Bonchev–Trinajstić information content (AvgIpc) is 2.77. The first-order valence-electron chi connectivity index (χ1n) is 8.87. The lowest BCUT2D eigenvalue weighted by Crippen LogP contribution is -2.11. The van der Waals surface area contributed by atoms with Gasteiger partial charge in [-0.25, -0.2) is 0 Å². The molecule has 0 fully saturated rings. The lowest BCUT2D eigenvalue weighted by molar-refractivity contribution is 0.102. The van der Waals surface area contributed by atoms with Crippen LogP contribution in [0.4, 0.5) is 5.69 Å². The Labute approximate surface area is 168 Å². The Morgan fingerprint density at radius 3 is 2.31 bits per heavy atom. The molecule has 0 aliphatic carbocycles. The summed E-state index contributed by atoms with van der Waals surface area (Å²) in [6.07, 6.45) is 3.15. The average molecular weight is 382 g/mol. The predicted octanol–water partition coefficient (Wildman–Crippen LogP) is 4.72. The molecule has 0 radical (unpaired) electrons. The van der Waals surface area contributed by atoms with Gasteiger partial charge in [-0.1, -0.05) is 18.2 Å². The van der Waals surface area contributed by atoms with Crippen LogP contribution in [-0.4, -0.2) is 18.8 Å². The Balaban J connectivity index is 1.68. The number of nitrogens with one attached hydrogen (secondary N) is 1. The fourth-order valence-corrected chi connectivity index (χ4v) is 2.64. The van der Waals surface area contributed by atoms with Crippen molar-refractivity contribution in [3.05, 3.63) is 101 Å². The predicted molar refractivity (Wildman–Crippen MR) is 112 cm³/mol. The topological polar surface area (TPSA) is 79.2 Å². The van der Waals surface area contributed by atoms with Gasteiger partial charge in [-0.05, 0) is 72.3 Å². The number of benzene rings is 3. The molecular weight excluding hydrogens is 364 g/mol. The molecule has 5 heteroatoms. The zero-order chi connectivity index (χ0) is 20.6. The van der Waals surface area contributed by atoms with E-state index in [1.165, 1.54) is 6.08 Å². The summed E-state index contributed by atoms with van der Waals surface area (Å²) in [5.74, 6) is 0.283. The normalized spacial score (nSPS) is 10.3. The van der Waals surface area contributed by atoms with Crippen LogP contribution in [0.15, 0.2) is 78.9 Å². The highest BCUT2D eigenvalue weighted by Gasteiger charge is 2.07.